The monoisotopic (exact) mass is 221 g/mol. The first-order chi connectivity index (χ1) is 7.74. The lowest BCUT2D eigenvalue weighted by Gasteiger charge is -2.25. The van der Waals surface area contributed by atoms with E-state index in [2.05, 4.69) is 22.2 Å². The molecular formula is C11H15N3O2. The average Bonchev–Trinajstić information content (AvgIpc) is 2.28. The number of fused-ring (bicyclic) bond motifs is 1. The van der Waals surface area contributed by atoms with Gasteiger partial charge in [0.25, 0.3) is 0 Å². The largest absolute Gasteiger partial charge is 0.480 e. The van der Waals surface area contributed by atoms with Gasteiger partial charge in [0.15, 0.2) is 0 Å². The van der Waals surface area contributed by atoms with Gasteiger partial charge in [0, 0.05) is 19.5 Å². The molecule has 0 aliphatic carbocycles. The van der Waals surface area contributed by atoms with Gasteiger partial charge >= 0.3 is 0 Å². The number of hydrogen-bond donors (Lipinski definition) is 1. The lowest BCUT2D eigenvalue weighted by atomic mass is 10.1. The van der Waals surface area contributed by atoms with Crippen LogP contribution in [0.1, 0.15) is 11.3 Å². The molecule has 1 aromatic rings. The molecule has 0 saturated heterocycles. The minimum atomic E-state index is 0.482. The third-order valence-corrected chi connectivity index (χ3v) is 2.73. The Morgan fingerprint density at radius 2 is 2.44 bits per heavy atom. The predicted octanol–water partition coefficient (Wildman–Crippen LogP) is 0.646. The number of rotatable bonds is 3. The number of nitrogens with zero attached hydrogens (tertiary/aromatic N) is 2. The van der Waals surface area contributed by atoms with Gasteiger partial charge in [-0.05, 0) is 18.7 Å². The molecule has 86 valence electrons. The number of hydrogen-bond acceptors (Lipinski definition) is 4. The molecule has 1 aromatic heterocycles. The lowest BCUT2D eigenvalue weighted by Crippen LogP contribution is -2.27. The number of carbonyl (C=O) groups is 1. The zero-order valence-electron chi connectivity index (χ0n) is 9.49. The second kappa shape index (κ2) is 4.49. The van der Waals surface area contributed by atoms with Crippen molar-refractivity contribution in [3.8, 4) is 5.88 Å². The Morgan fingerprint density at radius 3 is 3.12 bits per heavy atom. The fraction of sp³-hybridized carbons (Fsp3) is 0.455. The first kappa shape index (κ1) is 10.9. The molecule has 1 amide bonds. The van der Waals surface area contributed by atoms with Gasteiger partial charge in [0.2, 0.25) is 12.3 Å². The average molecular weight is 221 g/mol. The number of anilines is 1. The summed E-state index contributed by atoms with van der Waals surface area (Å²) in [7, 11) is 3.62. The van der Waals surface area contributed by atoms with E-state index < -0.39 is 0 Å². The van der Waals surface area contributed by atoms with Gasteiger partial charge in [-0.3, -0.25) is 4.79 Å². The first-order valence-corrected chi connectivity index (χ1v) is 5.20. The van der Waals surface area contributed by atoms with Gasteiger partial charge in [0.05, 0.1) is 12.8 Å². The van der Waals surface area contributed by atoms with Crippen LogP contribution in [0.5, 0.6) is 5.88 Å². The van der Waals surface area contributed by atoms with Crippen LogP contribution in [0.2, 0.25) is 0 Å². The summed E-state index contributed by atoms with van der Waals surface area (Å²) in [6, 6.07) is 1.94. The molecule has 0 unspecified atom stereocenters. The summed E-state index contributed by atoms with van der Waals surface area (Å²) in [6.45, 7) is 1.86. The van der Waals surface area contributed by atoms with Crippen molar-refractivity contribution in [1.82, 2.24) is 9.88 Å². The van der Waals surface area contributed by atoms with Gasteiger partial charge in [-0.15, -0.1) is 0 Å². The van der Waals surface area contributed by atoms with Crippen molar-refractivity contribution >= 4 is 12.1 Å². The summed E-state index contributed by atoms with van der Waals surface area (Å²) in [5.74, 6) is 0.482. The van der Waals surface area contributed by atoms with E-state index in [0.717, 1.165) is 30.8 Å². The van der Waals surface area contributed by atoms with Gasteiger partial charge in [0.1, 0.15) is 5.69 Å². The SMILES string of the molecule is COc1nc2c(cc1NC=O)CN(C)CC2. The molecule has 16 heavy (non-hydrogen) atoms. The molecule has 1 N–H and O–H groups in total. The van der Waals surface area contributed by atoms with Gasteiger partial charge < -0.3 is 15.0 Å². The number of pyridine rings is 1. The smallest absolute Gasteiger partial charge is 0.237 e. The molecule has 0 atom stereocenters. The molecular weight excluding hydrogens is 206 g/mol. The molecule has 1 aliphatic heterocycles. The zero-order valence-corrected chi connectivity index (χ0v) is 9.49. The third kappa shape index (κ3) is 1.99. The highest BCUT2D eigenvalue weighted by molar-refractivity contribution is 5.74. The minimum absolute atomic E-state index is 0.482. The lowest BCUT2D eigenvalue weighted by molar-refractivity contribution is -0.105. The second-order valence-electron chi connectivity index (χ2n) is 3.90. The molecule has 5 nitrogen and oxygen atoms in total. The maximum atomic E-state index is 10.5. The molecule has 0 bridgehead atoms. The van der Waals surface area contributed by atoms with Crippen molar-refractivity contribution in [2.45, 2.75) is 13.0 Å². The van der Waals surface area contributed by atoms with Gasteiger partial charge in [-0.2, -0.15) is 0 Å². The zero-order chi connectivity index (χ0) is 11.5. The molecule has 1 aliphatic rings. The van der Waals surface area contributed by atoms with E-state index in [-0.39, 0.29) is 0 Å². The van der Waals surface area contributed by atoms with Gasteiger partial charge in [-0.1, -0.05) is 0 Å². The van der Waals surface area contributed by atoms with Crippen LogP contribution in [0, 0.1) is 0 Å². The molecule has 2 rings (SSSR count). The predicted molar refractivity (Wildman–Crippen MR) is 60.5 cm³/mol. The van der Waals surface area contributed by atoms with E-state index in [1.54, 1.807) is 7.11 Å². The Bertz CT molecular complexity index is 406. The van der Waals surface area contributed by atoms with E-state index in [4.69, 9.17) is 4.74 Å². The molecule has 0 aromatic carbocycles. The molecule has 0 spiro atoms. The van der Waals surface area contributed by atoms with E-state index in [9.17, 15) is 4.79 Å². The highest BCUT2D eigenvalue weighted by Crippen LogP contribution is 2.27. The van der Waals surface area contributed by atoms with Crippen LogP contribution in [0.15, 0.2) is 6.07 Å². The maximum absolute atomic E-state index is 10.5. The Balaban J connectivity index is 2.39. The molecule has 2 heterocycles. The summed E-state index contributed by atoms with van der Waals surface area (Å²) in [4.78, 5) is 17.1. The molecule has 5 heteroatoms. The van der Waals surface area contributed by atoms with Crippen LogP contribution in [0.25, 0.3) is 0 Å². The number of likely N-dealkylation sites (N-methyl/N-ethyl adjacent to an activating group) is 1. The maximum Gasteiger partial charge on any atom is 0.237 e. The van der Waals surface area contributed by atoms with E-state index in [1.165, 1.54) is 0 Å². The highest BCUT2D eigenvalue weighted by Gasteiger charge is 2.17. The Labute approximate surface area is 94.4 Å². The number of ether oxygens (including phenoxy) is 1. The summed E-state index contributed by atoms with van der Waals surface area (Å²) in [6.07, 6.45) is 1.56. The van der Waals surface area contributed by atoms with E-state index >= 15 is 0 Å². The molecule has 0 fully saturated rings. The molecule has 0 radical (unpaired) electrons. The van der Waals surface area contributed by atoms with Crippen molar-refractivity contribution in [2.75, 3.05) is 26.0 Å². The molecule has 0 saturated carbocycles. The quantitative estimate of drug-likeness (QED) is 0.761. The van der Waals surface area contributed by atoms with Crippen LogP contribution < -0.4 is 10.1 Å². The summed E-state index contributed by atoms with van der Waals surface area (Å²) < 4.78 is 5.14. The Kier molecular flexibility index (Phi) is 3.05. The van der Waals surface area contributed by atoms with Crippen molar-refractivity contribution in [3.63, 3.8) is 0 Å². The fourth-order valence-corrected chi connectivity index (χ4v) is 1.92. The van der Waals surface area contributed by atoms with Crippen LogP contribution >= 0.6 is 0 Å². The fourth-order valence-electron chi connectivity index (χ4n) is 1.92. The number of aromatic nitrogens is 1. The third-order valence-electron chi connectivity index (χ3n) is 2.73. The number of amides is 1. The summed E-state index contributed by atoms with van der Waals surface area (Å²) in [5, 5.41) is 2.61. The van der Waals surface area contributed by atoms with Crippen molar-refractivity contribution in [3.05, 3.63) is 17.3 Å². The normalized spacial score (nSPS) is 15.4. The summed E-state index contributed by atoms with van der Waals surface area (Å²) in [5.41, 5.74) is 2.84. The summed E-state index contributed by atoms with van der Waals surface area (Å²) >= 11 is 0. The van der Waals surface area contributed by atoms with Gasteiger partial charge in [-0.25, -0.2) is 4.98 Å². The Hall–Kier alpha value is -1.62. The van der Waals surface area contributed by atoms with E-state index in [1.807, 2.05) is 6.07 Å². The van der Waals surface area contributed by atoms with Crippen molar-refractivity contribution < 1.29 is 9.53 Å². The Morgan fingerprint density at radius 1 is 1.62 bits per heavy atom. The van der Waals surface area contributed by atoms with E-state index in [0.29, 0.717) is 18.0 Å². The number of nitrogens with one attached hydrogen (secondary N) is 1. The standard InChI is InChI=1S/C11H15N3O2/c1-14-4-3-9-8(6-14)5-10(12-7-15)11(13-9)16-2/h5,7H,3-4,6H2,1-2H3,(H,12,15). The van der Waals surface area contributed by atoms with Crippen molar-refractivity contribution in [2.24, 2.45) is 0 Å². The second-order valence-corrected chi connectivity index (χ2v) is 3.90. The van der Waals surface area contributed by atoms with Crippen LogP contribution in [0.3, 0.4) is 0 Å². The number of carbonyl (C=O) groups excluding carboxylic acids is 1. The highest BCUT2D eigenvalue weighted by atomic mass is 16.5. The first-order valence-electron chi connectivity index (χ1n) is 5.20. The van der Waals surface area contributed by atoms with Crippen LogP contribution in [-0.4, -0.2) is 37.0 Å². The topological polar surface area (TPSA) is 54.5 Å². The minimum Gasteiger partial charge on any atom is -0.480 e. The number of methoxy groups -OCH3 is 1. The van der Waals surface area contributed by atoms with Crippen molar-refractivity contribution in [1.29, 1.82) is 0 Å². The van der Waals surface area contributed by atoms with Crippen LogP contribution in [0.4, 0.5) is 5.69 Å². The van der Waals surface area contributed by atoms with Crippen LogP contribution in [-0.2, 0) is 17.8 Å².